The van der Waals surface area contributed by atoms with Crippen LogP contribution >= 0.6 is 0 Å². The molecule has 0 aromatic heterocycles. The molecule has 116 valence electrons. The van der Waals surface area contributed by atoms with E-state index in [1.807, 2.05) is 6.92 Å². The minimum atomic E-state index is -0.106. The van der Waals surface area contributed by atoms with Crippen LogP contribution in [-0.2, 0) is 9.53 Å². The minimum Gasteiger partial charge on any atom is -0.494 e. The number of ketones is 1. The van der Waals surface area contributed by atoms with Crippen LogP contribution in [0.25, 0.3) is 0 Å². The van der Waals surface area contributed by atoms with Gasteiger partial charge >= 0.3 is 0 Å². The highest BCUT2D eigenvalue weighted by Gasteiger charge is 2.09. The van der Waals surface area contributed by atoms with Crippen molar-refractivity contribution in [2.24, 2.45) is 0 Å². The number of benzene rings is 1. The summed E-state index contributed by atoms with van der Waals surface area (Å²) < 4.78 is 10.2. The molecule has 1 aromatic carbocycles. The van der Waals surface area contributed by atoms with E-state index < -0.39 is 0 Å². The SMILES string of the molecule is CCOc1ccc(C(=O)CCC(=O)NCCCOC)cc1. The number of methoxy groups -OCH3 is 1. The highest BCUT2D eigenvalue weighted by atomic mass is 16.5. The lowest BCUT2D eigenvalue weighted by molar-refractivity contribution is -0.121. The van der Waals surface area contributed by atoms with E-state index in [4.69, 9.17) is 9.47 Å². The fourth-order valence-corrected chi connectivity index (χ4v) is 1.81. The maximum atomic E-state index is 12.0. The molecule has 1 aromatic rings. The van der Waals surface area contributed by atoms with Gasteiger partial charge in [0, 0.05) is 38.7 Å². The van der Waals surface area contributed by atoms with Gasteiger partial charge in [0.05, 0.1) is 6.61 Å². The summed E-state index contributed by atoms with van der Waals surface area (Å²) >= 11 is 0. The monoisotopic (exact) mass is 293 g/mol. The number of nitrogens with one attached hydrogen (secondary N) is 1. The Morgan fingerprint density at radius 2 is 1.86 bits per heavy atom. The third-order valence-corrected chi connectivity index (χ3v) is 2.91. The number of rotatable bonds is 10. The fourth-order valence-electron chi connectivity index (χ4n) is 1.81. The molecule has 0 saturated heterocycles. The molecular formula is C16H23NO4. The molecule has 5 heteroatoms. The zero-order chi connectivity index (χ0) is 15.5. The molecule has 1 rings (SSSR count). The first kappa shape index (κ1) is 17.2. The largest absolute Gasteiger partial charge is 0.494 e. The van der Waals surface area contributed by atoms with Gasteiger partial charge in [-0.15, -0.1) is 0 Å². The fraction of sp³-hybridized carbons (Fsp3) is 0.500. The van der Waals surface area contributed by atoms with Gasteiger partial charge in [0.1, 0.15) is 5.75 Å². The van der Waals surface area contributed by atoms with Crippen LogP contribution in [0.4, 0.5) is 0 Å². The summed E-state index contributed by atoms with van der Waals surface area (Å²) in [6.07, 6.45) is 1.19. The zero-order valence-electron chi connectivity index (χ0n) is 12.7. The maximum Gasteiger partial charge on any atom is 0.220 e. The van der Waals surface area contributed by atoms with Gasteiger partial charge in [-0.25, -0.2) is 0 Å². The lowest BCUT2D eigenvalue weighted by Gasteiger charge is -2.06. The molecule has 0 heterocycles. The Kier molecular flexibility index (Phi) is 8.12. The third kappa shape index (κ3) is 6.90. The van der Waals surface area contributed by atoms with Crippen LogP contribution in [0.2, 0.25) is 0 Å². The molecule has 0 saturated carbocycles. The van der Waals surface area contributed by atoms with Crippen molar-refractivity contribution < 1.29 is 19.1 Å². The van der Waals surface area contributed by atoms with E-state index in [1.165, 1.54) is 0 Å². The summed E-state index contributed by atoms with van der Waals surface area (Å²) in [5.41, 5.74) is 0.602. The summed E-state index contributed by atoms with van der Waals surface area (Å²) in [7, 11) is 1.62. The van der Waals surface area contributed by atoms with E-state index >= 15 is 0 Å². The van der Waals surface area contributed by atoms with Gasteiger partial charge in [-0.3, -0.25) is 9.59 Å². The van der Waals surface area contributed by atoms with Gasteiger partial charge in [0.25, 0.3) is 0 Å². The van der Waals surface area contributed by atoms with Crippen molar-refractivity contribution in [1.82, 2.24) is 5.32 Å². The molecule has 0 aliphatic heterocycles. The Bertz CT molecular complexity index is 442. The lowest BCUT2D eigenvalue weighted by Crippen LogP contribution is -2.25. The Labute approximate surface area is 125 Å². The quantitative estimate of drug-likeness (QED) is 0.530. The summed E-state index contributed by atoms with van der Waals surface area (Å²) in [6.45, 7) is 3.69. The highest BCUT2D eigenvalue weighted by molar-refractivity contribution is 5.98. The van der Waals surface area contributed by atoms with Crippen molar-refractivity contribution in [2.75, 3.05) is 26.9 Å². The third-order valence-electron chi connectivity index (χ3n) is 2.91. The number of carbonyl (C=O) groups excluding carboxylic acids is 2. The molecule has 0 aliphatic carbocycles. The predicted octanol–water partition coefficient (Wildman–Crippen LogP) is 2.20. The Morgan fingerprint density at radius 3 is 2.48 bits per heavy atom. The van der Waals surface area contributed by atoms with Gasteiger partial charge < -0.3 is 14.8 Å². The molecule has 0 unspecified atom stereocenters. The van der Waals surface area contributed by atoms with Crippen molar-refractivity contribution in [3.8, 4) is 5.75 Å². The Morgan fingerprint density at radius 1 is 1.14 bits per heavy atom. The second-order valence-corrected chi connectivity index (χ2v) is 4.58. The first-order valence-electron chi connectivity index (χ1n) is 7.19. The van der Waals surface area contributed by atoms with Gasteiger partial charge in [-0.2, -0.15) is 0 Å². The van der Waals surface area contributed by atoms with Crippen molar-refractivity contribution >= 4 is 11.7 Å². The molecule has 0 bridgehead atoms. The van der Waals surface area contributed by atoms with Gasteiger partial charge in [0.2, 0.25) is 5.91 Å². The van der Waals surface area contributed by atoms with Gasteiger partial charge in [0.15, 0.2) is 5.78 Å². The van der Waals surface area contributed by atoms with Crippen molar-refractivity contribution in [2.45, 2.75) is 26.2 Å². The van der Waals surface area contributed by atoms with Crippen LogP contribution in [0.3, 0.4) is 0 Å². The second-order valence-electron chi connectivity index (χ2n) is 4.58. The lowest BCUT2D eigenvalue weighted by atomic mass is 10.1. The number of carbonyl (C=O) groups is 2. The van der Waals surface area contributed by atoms with Crippen molar-refractivity contribution in [3.05, 3.63) is 29.8 Å². The van der Waals surface area contributed by atoms with Crippen molar-refractivity contribution in [3.63, 3.8) is 0 Å². The molecule has 0 radical (unpaired) electrons. The molecule has 21 heavy (non-hydrogen) atoms. The number of hydrogen-bond donors (Lipinski definition) is 1. The molecule has 1 amide bonds. The van der Waals surface area contributed by atoms with Crippen LogP contribution in [-0.4, -0.2) is 38.6 Å². The van der Waals surface area contributed by atoms with Crippen LogP contribution in [0.5, 0.6) is 5.75 Å². The smallest absolute Gasteiger partial charge is 0.220 e. The minimum absolute atomic E-state index is 0.0370. The van der Waals surface area contributed by atoms with E-state index in [0.717, 1.165) is 12.2 Å². The molecule has 0 fully saturated rings. The first-order chi connectivity index (χ1) is 10.2. The normalized spacial score (nSPS) is 10.2. The molecular weight excluding hydrogens is 270 g/mol. The summed E-state index contributed by atoms with van der Waals surface area (Å²) in [5, 5.41) is 2.76. The van der Waals surface area contributed by atoms with Crippen LogP contribution in [0.1, 0.15) is 36.5 Å². The molecule has 0 aliphatic rings. The standard InChI is InChI=1S/C16H23NO4/c1-3-21-14-7-5-13(6-8-14)15(18)9-10-16(19)17-11-4-12-20-2/h5-8H,3-4,9-12H2,1-2H3,(H,17,19). The van der Waals surface area contributed by atoms with Gasteiger partial charge in [-0.05, 0) is 37.6 Å². The van der Waals surface area contributed by atoms with Gasteiger partial charge in [-0.1, -0.05) is 0 Å². The summed E-state index contributed by atoms with van der Waals surface area (Å²) in [4.78, 5) is 23.5. The van der Waals surface area contributed by atoms with E-state index in [1.54, 1.807) is 31.4 Å². The topological polar surface area (TPSA) is 64.6 Å². The predicted molar refractivity (Wildman–Crippen MR) is 80.7 cm³/mol. The second kappa shape index (κ2) is 9.94. The Balaban J connectivity index is 2.31. The van der Waals surface area contributed by atoms with E-state index in [0.29, 0.717) is 25.3 Å². The van der Waals surface area contributed by atoms with Crippen LogP contribution in [0, 0.1) is 0 Å². The highest BCUT2D eigenvalue weighted by Crippen LogP contribution is 2.13. The average Bonchev–Trinajstić information content (AvgIpc) is 2.50. The Hall–Kier alpha value is -1.88. The summed E-state index contributed by atoms with van der Waals surface area (Å²) in [6, 6.07) is 6.98. The number of amides is 1. The number of ether oxygens (including phenoxy) is 2. The van der Waals surface area contributed by atoms with Crippen molar-refractivity contribution in [1.29, 1.82) is 0 Å². The van der Waals surface area contributed by atoms with E-state index in [-0.39, 0.29) is 24.5 Å². The van der Waals surface area contributed by atoms with E-state index in [2.05, 4.69) is 5.32 Å². The number of Topliss-reactive ketones (excluding diaryl/α,β-unsaturated/α-hetero) is 1. The van der Waals surface area contributed by atoms with Crippen LogP contribution < -0.4 is 10.1 Å². The summed E-state index contributed by atoms with van der Waals surface area (Å²) in [5.74, 6) is 0.598. The molecule has 0 spiro atoms. The van der Waals surface area contributed by atoms with Crippen LogP contribution in [0.15, 0.2) is 24.3 Å². The average molecular weight is 293 g/mol. The first-order valence-corrected chi connectivity index (χ1v) is 7.19. The number of hydrogen-bond acceptors (Lipinski definition) is 4. The maximum absolute atomic E-state index is 12.0. The molecule has 1 N–H and O–H groups in total. The molecule has 5 nitrogen and oxygen atoms in total. The zero-order valence-corrected chi connectivity index (χ0v) is 12.7. The molecule has 0 atom stereocenters. The van der Waals surface area contributed by atoms with E-state index in [9.17, 15) is 9.59 Å².